The fraction of sp³-hybridized carbons (Fsp3) is 0.647. The van der Waals surface area contributed by atoms with Crippen LogP contribution < -0.4 is 10.6 Å². The van der Waals surface area contributed by atoms with E-state index in [9.17, 15) is 9.59 Å². The van der Waals surface area contributed by atoms with Crippen molar-refractivity contribution in [3.05, 3.63) is 21.4 Å². The molecule has 1 saturated heterocycles. The van der Waals surface area contributed by atoms with E-state index in [4.69, 9.17) is 0 Å². The molecule has 1 aliphatic rings. The lowest BCUT2D eigenvalue weighted by atomic mass is 10.1. The summed E-state index contributed by atoms with van der Waals surface area (Å²) >= 11 is 1.73. The summed E-state index contributed by atoms with van der Waals surface area (Å²) in [6, 6.07) is 1.24. The van der Waals surface area contributed by atoms with Crippen LogP contribution in [0.5, 0.6) is 0 Å². The molecule has 2 N–H and O–H groups in total. The van der Waals surface area contributed by atoms with Gasteiger partial charge in [0.1, 0.15) is 6.04 Å². The van der Waals surface area contributed by atoms with Gasteiger partial charge in [0, 0.05) is 22.8 Å². The Bertz CT molecular complexity index is 564. The van der Waals surface area contributed by atoms with E-state index in [-0.39, 0.29) is 18.0 Å². The molecule has 6 heteroatoms. The summed E-state index contributed by atoms with van der Waals surface area (Å²) in [7, 11) is 0. The predicted molar refractivity (Wildman–Crippen MR) is 93.8 cm³/mol. The van der Waals surface area contributed by atoms with Crippen LogP contribution in [0.1, 0.15) is 54.5 Å². The maximum absolute atomic E-state index is 12.3. The average Bonchev–Trinajstić information content (AvgIpc) is 2.86. The molecule has 0 radical (unpaired) electrons. The fourth-order valence-electron chi connectivity index (χ4n) is 3.04. The predicted octanol–water partition coefficient (Wildman–Crippen LogP) is 3.13. The molecule has 128 valence electrons. The maximum Gasteiger partial charge on any atom is 0.315 e. The van der Waals surface area contributed by atoms with Gasteiger partial charge in [-0.3, -0.25) is 4.79 Å². The molecule has 2 heterocycles. The van der Waals surface area contributed by atoms with Crippen LogP contribution in [-0.4, -0.2) is 36.0 Å². The Balaban J connectivity index is 1.85. The van der Waals surface area contributed by atoms with E-state index in [1.165, 1.54) is 16.2 Å². The Hall–Kier alpha value is -1.56. The number of rotatable bonds is 4. The number of nitrogens with one attached hydrogen (secondary N) is 2. The standard InChI is InChI=1S/C17H27N3O2S/c1-11-10-15(14(4)23-11)12(2)18-17(22)19-13(3)16(21)20-8-6-5-7-9-20/h10,12-13H,5-9H2,1-4H3,(H2,18,19,22)/t12-,13-/m1/s1. The van der Waals surface area contributed by atoms with Crippen molar-refractivity contribution >= 4 is 23.3 Å². The van der Waals surface area contributed by atoms with Gasteiger partial charge in [0.05, 0.1) is 6.04 Å². The van der Waals surface area contributed by atoms with E-state index in [2.05, 4.69) is 30.5 Å². The van der Waals surface area contributed by atoms with Crippen molar-refractivity contribution < 1.29 is 9.59 Å². The molecule has 1 aromatic rings. The van der Waals surface area contributed by atoms with Gasteiger partial charge in [-0.25, -0.2) is 4.79 Å². The summed E-state index contributed by atoms with van der Waals surface area (Å²) in [5.41, 5.74) is 1.14. The quantitative estimate of drug-likeness (QED) is 0.887. The molecule has 23 heavy (non-hydrogen) atoms. The third-order valence-electron chi connectivity index (χ3n) is 4.28. The number of thiophene rings is 1. The van der Waals surface area contributed by atoms with Crippen molar-refractivity contribution in [2.75, 3.05) is 13.1 Å². The van der Waals surface area contributed by atoms with Crippen LogP contribution in [0, 0.1) is 13.8 Å². The van der Waals surface area contributed by atoms with Gasteiger partial charge in [0.2, 0.25) is 5.91 Å². The van der Waals surface area contributed by atoms with Crippen LogP contribution >= 0.6 is 11.3 Å². The molecular formula is C17H27N3O2S. The lowest BCUT2D eigenvalue weighted by molar-refractivity contribution is -0.133. The van der Waals surface area contributed by atoms with Gasteiger partial charge in [0.25, 0.3) is 0 Å². The molecule has 5 nitrogen and oxygen atoms in total. The summed E-state index contributed by atoms with van der Waals surface area (Å²) in [5, 5.41) is 5.69. The average molecular weight is 337 g/mol. The number of likely N-dealkylation sites (tertiary alicyclic amines) is 1. The lowest BCUT2D eigenvalue weighted by Crippen LogP contribution is -2.51. The molecule has 0 aromatic carbocycles. The zero-order valence-electron chi connectivity index (χ0n) is 14.4. The van der Waals surface area contributed by atoms with Gasteiger partial charge in [-0.15, -0.1) is 11.3 Å². The second-order valence-corrected chi connectivity index (χ2v) is 7.78. The minimum atomic E-state index is -0.495. The highest BCUT2D eigenvalue weighted by Gasteiger charge is 2.24. The van der Waals surface area contributed by atoms with Crippen molar-refractivity contribution in [2.45, 2.75) is 59.0 Å². The van der Waals surface area contributed by atoms with Crippen LogP contribution in [0.4, 0.5) is 4.79 Å². The molecule has 2 rings (SSSR count). The number of carbonyl (C=O) groups is 2. The van der Waals surface area contributed by atoms with Gasteiger partial charge in [-0.1, -0.05) is 0 Å². The molecule has 0 saturated carbocycles. The Labute approximate surface area is 142 Å². The first-order valence-electron chi connectivity index (χ1n) is 8.31. The minimum absolute atomic E-state index is 0.00932. The van der Waals surface area contributed by atoms with E-state index < -0.39 is 6.04 Å². The molecule has 1 aromatic heterocycles. The zero-order valence-corrected chi connectivity index (χ0v) is 15.3. The second kappa shape index (κ2) is 7.81. The number of piperidine rings is 1. The third kappa shape index (κ3) is 4.70. The Morgan fingerprint density at radius 3 is 2.35 bits per heavy atom. The summed E-state index contributed by atoms with van der Waals surface area (Å²) in [5.74, 6) is 0.00932. The number of carbonyl (C=O) groups excluding carboxylic acids is 2. The Kier molecular flexibility index (Phi) is 6.04. The number of aryl methyl sites for hydroxylation is 2. The summed E-state index contributed by atoms with van der Waals surface area (Å²) in [4.78, 5) is 28.8. The fourth-order valence-corrected chi connectivity index (χ4v) is 4.07. The highest BCUT2D eigenvalue weighted by Crippen LogP contribution is 2.25. The van der Waals surface area contributed by atoms with E-state index in [1.54, 1.807) is 18.3 Å². The van der Waals surface area contributed by atoms with Crippen molar-refractivity contribution in [3.63, 3.8) is 0 Å². The van der Waals surface area contributed by atoms with E-state index in [0.717, 1.165) is 31.5 Å². The molecule has 0 aliphatic carbocycles. The number of amides is 3. The van der Waals surface area contributed by atoms with E-state index in [1.807, 2.05) is 11.8 Å². The first-order valence-corrected chi connectivity index (χ1v) is 9.13. The number of nitrogens with zero attached hydrogens (tertiary/aromatic N) is 1. The van der Waals surface area contributed by atoms with Crippen LogP contribution in [0.25, 0.3) is 0 Å². The van der Waals surface area contributed by atoms with Crippen LogP contribution in [0.3, 0.4) is 0 Å². The Morgan fingerprint density at radius 2 is 1.78 bits per heavy atom. The molecule has 0 bridgehead atoms. The van der Waals surface area contributed by atoms with Crippen LogP contribution in [0.2, 0.25) is 0 Å². The van der Waals surface area contributed by atoms with Gasteiger partial charge >= 0.3 is 6.03 Å². The maximum atomic E-state index is 12.3. The van der Waals surface area contributed by atoms with Crippen LogP contribution in [-0.2, 0) is 4.79 Å². The van der Waals surface area contributed by atoms with Gasteiger partial charge < -0.3 is 15.5 Å². The van der Waals surface area contributed by atoms with Crippen molar-refractivity contribution in [1.82, 2.24) is 15.5 Å². The van der Waals surface area contributed by atoms with Crippen molar-refractivity contribution in [2.24, 2.45) is 0 Å². The molecule has 3 amide bonds. The molecule has 0 unspecified atom stereocenters. The summed E-state index contributed by atoms with van der Waals surface area (Å²) < 4.78 is 0. The first-order chi connectivity index (χ1) is 10.9. The molecule has 1 fully saturated rings. The summed E-state index contributed by atoms with van der Waals surface area (Å²) in [6.45, 7) is 9.44. The SMILES string of the molecule is Cc1cc([C@@H](C)NC(=O)N[C@H](C)C(=O)N2CCCCC2)c(C)s1. The van der Waals surface area contributed by atoms with E-state index in [0.29, 0.717) is 0 Å². The molecule has 2 atom stereocenters. The third-order valence-corrected chi connectivity index (χ3v) is 5.26. The second-order valence-electron chi connectivity index (χ2n) is 6.32. The van der Waals surface area contributed by atoms with E-state index >= 15 is 0 Å². The number of hydrogen-bond acceptors (Lipinski definition) is 3. The highest BCUT2D eigenvalue weighted by atomic mass is 32.1. The smallest absolute Gasteiger partial charge is 0.315 e. The van der Waals surface area contributed by atoms with Crippen molar-refractivity contribution in [3.8, 4) is 0 Å². The number of urea groups is 1. The van der Waals surface area contributed by atoms with Crippen molar-refractivity contribution in [1.29, 1.82) is 0 Å². The zero-order chi connectivity index (χ0) is 17.0. The normalized spacial score (nSPS) is 17.5. The largest absolute Gasteiger partial charge is 0.341 e. The van der Waals surface area contributed by atoms with Gasteiger partial charge in [-0.05, 0) is 58.6 Å². The minimum Gasteiger partial charge on any atom is -0.341 e. The van der Waals surface area contributed by atoms with Gasteiger partial charge in [0.15, 0.2) is 0 Å². The molecule has 0 spiro atoms. The topological polar surface area (TPSA) is 61.4 Å². The highest BCUT2D eigenvalue weighted by molar-refractivity contribution is 7.12. The van der Waals surface area contributed by atoms with Gasteiger partial charge in [-0.2, -0.15) is 0 Å². The Morgan fingerprint density at radius 1 is 1.13 bits per heavy atom. The molecule has 1 aliphatic heterocycles. The number of hydrogen-bond donors (Lipinski definition) is 2. The molecular weight excluding hydrogens is 310 g/mol. The van der Waals surface area contributed by atoms with Crippen LogP contribution in [0.15, 0.2) is 6.07 Å². The monoisotopic (exact) mass is 337 g/mol. The first kappa shape index (κ1) is 17.8. The lowest BCUT2D eigenvalue weighted by Gasteiger charge is -2.29. The summed E-state index contributed by atoms with van der Waals surface area (Å²) in [6.07, 6.45) is 3.29.